The third kappa shape index (κ3) is 1.42. The second-order valence-corrected chi connectivity index (χ2v) is 2.02. The Morgan fingerprint density at radius 1 is 1.78 bits per heavy atom. The van der Waals surface area contributed by atoms with Gasteiger partial charge in [0.05, 0.1) is 0 Å². The summed E-state index contributed by atoms with van der Waals surface area (Å²) in [5.74, 6) is 0.0833. The Morgan fingerprint density at radius 3 is 2.78 bits per heavy atom. The van der Waals surface area contributed by atoms with Gasteiger partial charge in [0, 0.05) is 26.6 Å². The van der Waals surface area contributed by atoms with E-state index in [0.717, 1.165) is 13.1 Å². The highest BCUT2D eigenvalue weighted by Crippen LogP contribution is 2.03. The van der Waals surface area contributed by atoms with E-state index in [-0.39, 0.29) is 12.5 Å². The van der Waals surface area contributed by atoms with Gasteiger partial charge in [-0.1, -0.05) is 0 Å². The average molecular weight is 128 g/mol. The molecule has 51 valence electrons. The van der Waals surface area contributed by atoms with Crippen LogP contribution in [0.4, 0.5) is 0 Å². The molecule has 1 fully saturated rings. The molecule has 1 aliphatic rings. The molecule has 1 radical (unpaired) electrons. The number of likely N-dealkylation sites (tertiary alicyclic amines) is 1. The number of methoxy groups -OCH3 is 1. The minimum atomic E-state index is 0.0833. The first-order valence-electron chi connectivity index (χ1n) is 2.93. The predicted octanol–water partition coefficient (Wildman–Crippen LogP) is -0.321. The predicted molar refractivity (Wildman–Crippen MR) is 32.8 cm³/mol. The number of carbonyl (C=O) groups is 1. The van der Waals surface area contributed by atoms with Crippen molar-refractivity contribution in [3.63, 3.8) is 0 Å². The average Bonchev–Trinajstić information content (AvgIpc) is 1.60. The van der Waals surface area contributed by atoms with Gasteiger partial charge in [-0.15, -0.1) is 0 Å². The van der Waals surface area contributed by atoms with Crippen molar-refractivity contribution in [2.75, 3.05) is 26.8 Å². The maximum atomic E-state index is 10.8. The molecule has 0 aromatic rings. The molecule has 3 heteroatoms. The second-order valence-electron chi connectivity index (χ2n) is 2.02. The molecule has 1 aliphatic heterocycles. The fourth-order valence-corrected chi connectivity index (χ4v) is 0.677. The van der Waals surface area contributed by atoms with E-state index in [2.05, 4.69) is 4.74 Å². The number of hydrogen-bond acceptors (Lipinski definition) is 2. The summed E-state index contributed by atoms with van der Waals surface area (Å²) in [7, 11) is 1.53. The Morgan fingerprint density at radius 2 is 2.44 bits per heavy atom. The lowest BCUT2D eigenvalue weighted by Crippen LogP contribution is -2.44. The first-order valence-corrected chi connectivity index (χ1v) is 2.93. The van der Waals surface area contributed by atoms with E-state index in [9.17, 15) is 4.79 Å². The van der Waals surface area contributed by atoms with Crippen molar-refractivity contribution in [2.24, 2.45) is 0 Å². The van der Waals surface area contributed by atoms with Crippen LogP contribution in [0.15, 0.2) is 0 Å². The standard InChI is InChI=1S/C6H10NO2/c1-9-5-6(8)7-3-2-4-7/h2H,3-5H2,1H3. The number of carbonyl (C=O) groups excluding carboxylic acids is 1. The van der Waals surface area contributed by atoms with E-state index in [4.69, 9.17) is 0 Å². The zero-order valence-electron chi connectivity index (χ0n) is 5.46. The second kappa shape index (κ2) is 2.82. The van der Waals surface area contributed by atoms with Gasteiger partial charge in [-0.3, -0.25) is 4.79 Å². The molecule has 1 saturated heterocycles. The van der Waals surface area contributed by atoms with Gasteiger partial charge in [-0.25, -0.2) is 0 Å². The molecule has 0 N–H and O–H groups in total. The van der Waals surface area contributed by atoms with Crippen molar-refractivity contribution < 1.29 is 9.53 Å². The lowest BCUT2D eigenvalue weighted by atomic mass is 10.2. The lowest BCUT2D eigenvalue weighted by Gasteiger charge is -2.30. The Labute approximate surface area is 54.6 Å². The van der Waals surface area contributed by atoms with Crippen molar-refractivity contribution in [3.05, 3.63) is 6.42 Å². The van der Waals surface area contributed by atoms with Gasteiger partial charge in [0.1, 0.15) is 6.61 Å². The van der Waals surface area contributed by atoms with Gasteiger partial charge >= 0.3 is 0 Å². The first kappa shape index (κ1) is 6.55. The normalized spacial score (nSPS) is 17.2. The van der Waals surface area contributed by atoms with E-state index >= 15 is 0 Å². The molecule has 0 unspecified atom stereocenters. The van der Waals surface area contributed by atoms with Crippen LogP contribution < -0.4 is 0 Å². The minimum Gasteiger partial charge on any atom is -0.375 e. The van der Waals surface area contributed by atoms with Crippen LogP contribution in [-0.4, -0.2) is 37.6 Å². The zero-order chi connectivity index (χ0) is 6.69. The van der Waals surface area contributed by atoms with E-state index in [1.807, 2.05) is 6.42 Å². The molecule has 1 amide bonds. The molecule has 0 aromatic heterocycles. The van der Waals surface area contributed by atoms with Gasteiger partial charge in [0.25, 0.3) is 0 Å². The number of hydrogen-bond donors (Lipinski definition) is 0. The van der Waals surface area contributed by atoms with E-state index in [1.54, 1.807) is 4.90 Å². The quantitative estimate of drug-likeness (QED) is 0.510. The Bertz CT molecular complexity index is 110. The van der Waals surface area contributed by atoms with E-state index in [0.29, 0.717) is 0 Å². The lowest BCUT2D eigenvalue weighted by molar-refractivity contribution is -0.136. The van der Waals surface area contributed by atoms with Crippen molar-refractivity contribution >= 4 is 5.91 Å². The maximum absolute atomic E-state index is 10.8. The van der Waals surface area contributed by atoms with Gasteiger partial charge in [-0.05, 0) is 0 Å². The molecule has 1 rings (SSSR count). The van der Waals surface area contributed by atoms with E-state index in [1.165, 1.54) is 7.11 Å². The third-order valence-electron chi connectivity index (χ3n) is 1.32. The van der Waals surface area contributed by atoms with Crippen molar-refractivity contribution in [2.45, 2.75) is 0 Å². The molecular formula is C6H10NO2. The summed E-state index contributed by atoms with van der Waals surface area (Å²) < 4.78 is 4.66. The minimum absolute atomic E-state index is 0.0833. The van der Waals surface area contributed by atoms with E-state index < -0.39 is 0 Å². The fourth-order valence-electron chi connectivity index (χ4n) is 0.677. The number of ether oxygens (including phenoxy) is 1. The molecule has 0 aliphatic carbocycles. The van der Waals surface area contributed by atoms with Crippen LogP contribution in [-0.2, 0) is 9.53 Å². The van der Waals surface area contributed by atoms with Gasteiger partial charge in [0.15, 0.2) is 0 Å². The highest BCUT2D eigenvalue weighted by molar-refractivity contribution is 5.78. The van der Waals surface area contributed by atoms with Crippen LogP contribution >= 0.6 is 0 Å². The van der Waals surface area contributed by atoms with Crippen molar-refractivity contribution in [1.82, 2.24) is 4.90 Å². The molecule has 0 spiro atoms. The highest BCUT2D eigenvalue weighted by atomic mass is 16.5. The first-order chi connectivity index (χ1) is 4.34. The van der Waals surface area contributed by atoms with Crippen LogP contribution in [0.25, 0.3) is 0 Å². The molecule has 0 aromatic carbocycles. The SMILES string of the molecule is COCC(=O)N1C[CH]C1. The van der Waals surface area contributed by atoms with Crippen molar-refractivity contribution in [3.8, 4) is 0 Å². The summed E-state index contributed by atoms with van der Waals surface area (Å²) in [6, 6.07) is 0. The largest absolute Gasteiger partial charge is 0.375 e. The Hall–Kier alpha value is -0.570. The summed E-state index contributed by atoms with van der Waals surface area (Å²) >= 11 is 0. The van der Waals surface area contributed by atoms with Gasteiger partial charge in [0.2, 0.25) is 5.91 Å². The van der Waals surface area contributed by atoms with Crippen LogP contribution in [0, 0.1) is 6.42 Å². The molecule has 0 atom stereocenters. The summed E-state index contributed by atoms with van der Waals surface area (Å²) in [5, 5.41) is 0. The fraction of sp³-hybridized carbons (Fsp3) is 0.667. The molecular weight excluding hydrogens is 118 g/mol. The number of amides is 1. The van der Waals surface area contributed by atoms with Gasteiger partial charge < -0.3 is 9.64 Å². The molecule has 9 heavy (non-hydrogen) atoms. The smallest absolute Gasteiger partial charge is 0.248 e. The maximum Gasteiger partial charge on any atom is 0.248 e. The monoisotopic (exact) mass is 128 g/mol. The summed E-state index contributed by atoms with van der Waals surface area (Å²) in [6.45, 7) is 1.80. The third-order valence-corrected chi connectivity index (χ3v) is 1.32. The van der Waals surface area contributed by atoms with Crippen LogP contribution in [0.5, 0.6) is 0 Å². The molecule has 1 heterocycles. The zero-order valence-corrected chi connectivity index (χ0v) is 5.46. The number of nitrogens with zero attached hydrogens (tertiary/aromatic N) is 1. The van der Waals surface area contributed by atoms with Crippen LogP contribution in [0.3, 0.4) is 0 Å². The highest BCUT2D eigenvalue weighted by Gasteiger charge is 2.19. The Balaban J connectivity index is 2.16. The summed E-state index contributed by atoms with van der Waals surface area (Å²) in [5.41, 5.74) is 0. The van der Waals surface area contributed by atoms with Crippen LogP contribution in [0.1, 0.15) is 0 Å². The van der Waals surface area contributed by atoms with Crippen LogP contribution in [0.2, 0.25) is 0 Å². The number of rotatable bonds is 2. The summed E-state index contributed by atoms with van der Waals surface area (Å²) in [4.78, 5) is 12.5. The Kier molecular flexibility index (Phi) is 2.05. The molecule has 0 bridgehead atoms. The topological polar surface area (TPSA) is 29.5 Å². The van der Waals surface area contributed by atoms with Gasteiger partial charge in [-0.2, -0.15) is 0 Å². The molecule has 0 saturated carbocycles. The van der Waals surface area contributed by atoms with Crippen molar-refractivity contribution in [1.29, 1.82) is 0 Å². The molecule has 3 nitrogen and oxygen atoms in total. The summed E-state index contributed by atoms with van der Waals surface area (Å²) in [6.07, 6.45) is 2.05.